The van der Waals surface area contributed by atoms with Gasteiger partial charge in [-0.3, -0.25) is 0 Å². The van der Waals surface area contributed by atoms with Gasteiger partial charge in [0.25, 0.3) is 0 Å². The Balaban J connectivity index is 2.15. The Morgan fingerprint density at radius 3 is 2.92 bits per heavy atom. The van der Waals surface area contributed by atoms with Crippen LogP contribution in [0.4, 0.5) is 0 Å². The molecule has 3 atom stereocenters. The minimum Gasteiger partial charge on any atom is -0.383 e. The molecule has 0 aromatic heterocycles. The summed E-state index contributed by atoms with van der Waals surface area (Å²) in [6.07, 6.45) is 6.01. The van der Waals surface area contributed by atoms with E-state index in [1.807, 2.05) is 13.0 Å². The molecular formula is C10H16O3. The molecule has 1 spiro atoms. The Kier molecular flexibility index (Phi) is 2.41. The lowest BCUT2D eigenvalue weighted by Gasteiger charge is -2.43. The van der Waals surface area contributed by atoms with Crippen LogP contribution in [-0.2, 0) is 9.47 Å². The normalized spacial score (nSPS) is 45.4. The van der Waals surface area contributed by atoms with Crippen molar-refractivity contribution in [1.82, 2.24) is 0 Å². The maximum atomic E-state index is 9.77. The van der Waals surface area contributed by atoms with Crippen molar-refractivity contribution in [3.8, 4) is 0 Å². The lowest BCUT2D eigenvalue weighted by atomic mass is 9.97. The van der Waals surface area contributed by atoms with Gasteiger partial charge in [0.05, 0.1) is 12.7 Å². The Morgan fingerprint density at radius 1 is 1.38 bits per heavy atom. The molecule has 1 saturated heterocycles. The van der Waals surface area contributed by atoms with Gasteiger partial charge in [0.15, 0.2) is 5.79 Å². The molecule has 0 amide bonds. The zero-order chi connectivity index (χ0) is 9.31. The minimum absolute atomic E-state index is 0.0431. The molecule has 3 nitrogen and oxygen atoms in total. The van der Waals surface area contributed by atoms with E-state index in [0.717, 1.165) is 19.3 Å². The van der Waals surface area contributed by atoms with Crippen molar-refractivity contribution in [2.45, 2.75) is 44.2 Å². The smallest absolute Gasteiger partial charge is 0.198 e. The molecule has 13 heavy (non-hydrogen) atoms. The minimum atomic E-state index is -0.744. The summed E-state index contributed by atoms with van der Waals surface area (Å²) >= 11 is 0. The van der Waals surface area contributed by atoms with Gasteiger partial charge in [-0.25, -0.2) is 0 Å². The van der Waals surface area contributed by atoms with Gasteiger partial charge in [-0.15, -0.1) is 0 Å². The van der Waals surface area contributed by atoms with Crippen molar-refractivity contribution < 1.29 is 14.6 Å². The van der Waals surface area contributed by atoms with Crippen LogP contribution in [-0.4, -0.2) is 29.7 Å². The standard InChI is InChI=1S/C10H16O3/c1-8-4-5-9(11)10(13-8)6-2-3-7-12-10/h4-5,8-9,11H,2-3,6-7H2,1H3. The van der Waals surface area contributed by atoms with E-state index in [4.69, 9.17) is 9.47 Å². The zero-order valence-electron chi connectivity index (χ0n) is 7.90. The summed E-state index contributed by atoms with van der Waals surface area (Å²) in [5, 5.41) is 9.77. The van der Waals surface area contributed by atoms with Crippen LogP contribution >= 0.6 is 0 Å². The Bertz CT molecular complexity index is 206. The van der Waals surface area contributed by atoms with Gasteiger partial charge in [0.1, 0.15) is 6.10 Å². The van der Waals surface area contributed by atoms with E-state index < -0.39 is 11.9 Å². The quantitative estimate of drug-likeness (QED) is 0.575. The summed E-state index contributed by atoms with van der Waals surface area (Å²) in [5.74, 6) is -0.744. The van der Waals surface area contributed by atoms with E-state index in [9.17, 15) is 5.11 Å². The highest BCUT2D eigenvalue weighted by atomic mass is 16.7. The first kappa shape index (κ1) is 9.19. The number of ether oxygens (including phenoxy) is 2. The molecule has 1 N–H and O–H groups in total. The Morgan fingerprint density at radius 2 is 2.23 bits per heavy atom. The molecular weight excluding hydrogens is 168 g/mol. The molecule has 0 aromatic carbocycles. The third-order valence-corrected chi connectivity index (χ3v) is 2.67. The molecule has 0 aromatic rings. The number of hydrogen-bond acceptors (Lipinski definition) is 3. The lowest BCUT2D eigenvalue weighted by molar-refractivity contribution is -0.303. The van der Waals surface area contributed by atoms with Crippen molar-refractivity contribution in [3.63, 3.8) is 0 Å². The third-order valence-electron chi connectivity index (χ3n) is 2.67. The predicted octanol–water partition coefficient (Wildman–Crippen LogP) is 1.22. The maximum Gasteiger partial charge on any atom is 0.198 e. The summed E-state index contributed by atoms with van der Waals surface area (Å²) in [6.45, 7) is 2.65. The second-order valence-electron chi connectivity index (χ2n) is 3.77. The largest absolute Gasteiger partial charge is 0.383 e. The van der Waals surface area contributed by atoms with E-state index in [2.05, 4.69) is 0 Å². The molecule has 1 fully saturated rings. The summed E-state index contributed by atoms with van der Waals surface area (Å²) in [5.41, 5.74) is 0. The monoisotopic (exact) mass is 184 g/mol. The molecule has 3 heteroatoms. The van der Waals surface area contributed by atoms with Crippen molar-refractivity contribution in [3.05, 3.63) is 12.2 Å². The van der Waals surface area contributed by atoms with Crippen LogP contribution in [0, 0.1) is 0 Å². The summed E-state index contributed by atoms with van der Waals surface area (Å²) in [7, 11) is 0. The highest BCUT2D eigenvalue weighted by Crippen LogP contribution is 2.34. The van der Waals surface area contributed by atoms with Gasteiger partial charge in [-0.2, -0.15) is 0 Å². The topological polar surface area (TPSA) is 38.7 Å². The predicted molar refractivity (Wildman–Crippen MR) is 48.2 cm³/mol. The van der Waals surface area contributed by atoms with Gasteiger partial charge in [0, 0.05) is 6.42 Å². The van der Waals surface area contributed by atoms with Crippen molar-refractivity contribution in [2.24, 2.45) is 0 Å². The van der Waals surface area contributed by atoms with Crippen LogP contribution in [0.15, 0.2) is 12.2 Å². The van der Waals surface area contributed by atoms with Crippen LogP contribution in [0.3, 0.4) is 0 Å². The van der Waals surface area contributed by atoms with Gasteiger partial charge >= 0.3 is 0 Å². The molecule has 0 bridgehead atoms. The Labute approximate surface area is 78.3 Å². The first-order valence-electron chi connectivity index (χ1n) is 4.91. The number of aliphatic hydroxyl groups excluding tert-OH is 1. The maximum absolute atomic E-state index is 9.77. The van der Waals surface area contributed by atoms with Gasteiger partial charge in [0.2, 0.25) is 0 Å². The van der Waals surface area contributed by atoms with Gasteiger partial charge in [-0.05, 0) is 19.8 Å². The Hall–Kier alpha value is -0.380. The first-order chi connectivity index (χ1) is 6.23. The molecule has 2 rings (SSSR count). The zero-order valence-corrected chi connectivity index (χ0v) is 7.90. The van der Waals surface area contributed by atoms with Crippen LogP contribution in [0.2, 0.25) is 0 Å². The second kappa shape index (κ2) is 3.40. The van der Waals surface area contributed by atoms with E-state index in [1.165, 1.54) is 0 Å². The van der Waals surface area contributed by atoms with E-state index >= 15 is 0 Å². The fourth-order valence-electron chi connectivity index (χ4n) is 1.95. The van der Waals surface area contributed by atoms with Crippen molar-refractivity contribution in [1.29, 1.82) is 0 Å². The van der Waals surface area contributed by atoms with E-state index in [-0.39, 0.29) is 6.10 Å². The van der Waals surface area contributed by atoms with Crippen LogP contribution < -0.4 is 0 Å². The molecule has 2 heterocycles. The van der Waals surface area contributed by atoms with Crippen LogP contribution in [0.25, 0.3) is 0 Å². The average Bonchev–Trinajstić information content (AvgIpc) is 2.14. The van der Waals surface area contributed by atoms with Gasteiger partial charge < -0.3 is 14.6 Å². The van der Waals surface area contributed by atoms with Crippen LogP contribution in [0.5, 0.6) is 0 Å². The average molecular weight is 184 g/mol. The summed E-state index contributed by atoms with van der Waals surface area (Å²) in [4.78, 5) is 0. The lowest BCUT2D eigenvalue weighted by Crippen LogP contribution is -2.52. The summed E-state index contributed by atoms with van der Waals surface area (Å²) < 4.78 is 11.2. The van der Waals surface area contributed by atoms with Crippen molar-refractivity contribution >= 4 is 0 Å². The number of rotatable bonds is 0. The number of hydrogen-bond donors (Lipinski definition) is 1. The SMILES string of the molecule is CC1C=CC(O)C2(CCCCO2)O1. The summed E-state index contributed by atoms with van der Waals surface area (Å²) in [6, 6.07) is 0. The highest BCUT2D eigenvalue weighted by molar-refractivity contribution is 5.05. The first-order valence-corrected chi connectivity index (χ1v) is 4.91. The fourth-order valence-corrected chi connectivity index (χ4v) is 1.95. The van der Waals surface area contributed by atoms with Crippen molar-refractivity contribution in [2.75, 3.05) is 6.61 Å². The molecule has 3 unspecified atom stereocenters. The van der Waals surface area contributed by atoms with E-state index in [1.54, 1.807) is 6.08 Å². The number of aliphatic hydroxyl groups is 1. The van der Waals surface area contributed by atoms with Gasteiger partial charge in [-0.1, -0.05) is 12.2 Å². The molecule has 0 radical (unpaired) electrons. The molecule has 0 saturated carbocycles. The van der Waals surface area contributed by atoms with Crippen LogP contribution in [0.1, 0.15) is 26.2 Å². The molecule has 2 aliphatic rings. The molecule has 2 aliphatic heterocycles. The highest BCUT2D eigenvalue weighted by Gasteiger charge is 2.43. The molecule has 0 aliphatic carbocycles. The fraction of sp³-hybridized carbons (Fsp3) is 0.800. The second-order valence-corrected chi connectivity index (χ2v) is 3.77. The third kappa shape index (κ3) is 1.64. The molecule has 74 valence electrons. The van der Waals surface area contributed by atoms with E-state index in [0.29, 0.717) is 6.61 Å².